The van der Waals surface area contributed by atoms with Crippen molar-refractivity contribution in [3.05, 3.63) is 24.3 Å². The van der Waals surface area contributed by atoms with E-state index in [0.717, 1.165) is 12.3 Å². The van der Waals surface area contributed by atoms with Gasteiger partial charge in [0.1, 0.15) is 0 Å². The van der Waals surface area contributed by atoms with Gasteiger partial charge in [0.2, 0.25) is 5.95 Å². The molecule has 0 saturated carbocycles. The highest BCUT2D eigenvalue weighted by atomic mass is 35.5. The van der Waals surface area contributed by atoms with Gasteiger partial charge in [0.05, 0.1) is 0 Å². The molecule has 60 valence electrons. The van der Waals surface area contributed by atoms with Crippen LogP contribution in [-0.2, 0) is 0 Å². The van der Waals surface area contributed by atoms with Crippen LogP contribution in [0.2, 0.25) is 0 Å². The predicted molar refractivity (Wildman–Crippen MR) is 41.3 cm³/mol. The van der Waals surface area contributed by atoms with Gasteiger partial charge in [-0.25, -0.2) is 4.98 Å². The molecule has 0 aromatic carbocycles. The van der Waals surface area contributed by atoms with E-state index in [9.17, 15) is 4.39 Å². The summed E-state index contributed by atoms with van der Waals surface area (Å²) < 4.78 is 12.1. The SMILES string of the molecule is Cl.OB(O)c1ccc(F)nc1. The molecule has 0 aliphatic heterocycles. The number of hydrogen-bond donors (Lipinski definition) is 2. The van der Waals surface area contributed by atoms with Crippen LogP contribution in [-0.4, -0.2) is 22.2 Å². The Balaban J connectivity index is 0.000001000. The standard InChI is InChI=1S/C5H5BFNO2.ClH/c7-5-2-1-4(3-8-5)6(9)10;/h1-3,9-10H;1H. The van der Waals surface area contributed by atoms with Gasteiger partial charge in [-0.2, -0.15) is 4.39 Å². The van der Waals surface area contributed by atoms with Gasteiger partial charge >= 0.3 is 7.12 Å². The number of pyridine rings is 1. The first kappa shape index (κ1) is 10.4. The van der Waals surface area contributed by atoms with E-state index in [4.69, 9.17) is 10.0 Å². The van der Waals surface area contributed by atoms with Crippen LogP contribution < -0.4 is 5.46 Å². The number of rotatable bonds is 1. The highest BCUT2D eigenvalue weighted by molar-refractivity contribution is 6.58. The van der Waals surface area contributed by atoms with E-state index in [1.54, 1.807) is 0 Å². The third kappa shape index (κ3) is 2.84. The zero-order valence-corrected chi connectivity index (χ0v) is 6.25. The summed E-state index contributed by atoms with van der Waals surface area (Å²) in [4.78, 5) is 3.21. The molecule has 0 aliphatic rings. The smallest absolute Gasteiger partial charge is 0.423 e. The lowest BCUT2D eigenvalue weighted by Gasteiger charge is -1.95. The van der Waals surface area contributed by atoms with Gasteiger partial charge in [-0.3, -0.25) is 0 Å². The molecule has 0 aliphatic carbocycles. The maximum absolute atomic E-state index is 12.1. The molecule has 0 saturated heterocycles. The molecule has 1 aromatic heterocycles. The fourth-order valence-corrected chi connectivity index (χ4v) is 0.540. The van der Waals surface area contributed by atoms with Crippen molar-refractivity contribution in [2.24, 2.45) is 0 Å². The summed E-state index contributed by atoms with van der Waals surface area (Å²) in [5.74, 6) is -0.635. The Morgan fingerprint density at radius 2 is 2.00 bits per heavy atom. The summed E-state index contributed by atoms with van der Waals surface area (Å²) in [6.07, 6.45) is 1.07. The van der Waals surface area contributed by atoms with Crippen LogP contribution in [0.3, 0.4) is 0 Å². The number of nitrogens with zero attached hydrogens (tertiary/aromatic N) is 1. The molecule has 0 amide bonds. The highest BCUT2D eigenvalue weighted by Crippen LogP contribution is 1.86. The average Bonchev–Trinajstić information content (AvgIpc) is 1.88. The molecule has 0 atom stereocenters. The molecule has 1 heterocycles. The number of aromatic nitrogens is 1. The van der Waals surface area contributed by atoms with Crippen LogP contribution >= 0.6 is 12.4 Å². The van der Waals surface area contributed by atoms with E-state index in [0.29, 0.717) is 0 Å². The van der Waals surface area contributed by atoms with Crippen molar-refractivity contribution < 1.29 is 14.4 Å². The summed E-state index contributed by atoms with van der Waals surface area (Å²) in [7, 11) is -1.58. The molecule has 0 spiro atoms. The summed E-state index contributed by atoms with van der Waals surface area (Å²) in [6.45, 7) is 0. The summed E-state index contributed by atoms with van der Waals surface area (Å²) in [6, 6.07) is 2.32. The van der Waals surface area contributed by atoms with Crippen molar-refractivity contribution in [1.29, 1.82) is 0 Å². The molecule has 1 aromatic rings. The summed E-state index contributed by atoms with van der Waals surface area (Å²) in [5, 5.41) is 17.0. The summed E-state index contributed by atoms with van der Waals surface area (Å²) in [5.41, 5.74) is 0.182. The Morgan fingerprint density at radius 3 is 2.36 bits per heavy atom. The van der Waals surface area contributed by atoms with Crippen LogP contribution in [0.5, 0.6) is 0 Å². The largest absolute Gasteiger partial charge is 0.490 e. The topological polar surface area (TPSA) is 53.4 Å². The van der Waals surface area contributed by atoms with Crippen molar-refractivity contribution >= 4 is 25.0 Å². The quantitative estimate of drug-likeness (QED) is 0.441. The van der Waals surface area contributed by atoms with Gasteiger partial charge in [-0.1, -0.05) is 6.07 Å². The van der Waals surface area contributed by atoms with E-state index >= 15 is 0 Å². The molecular formula is C5H6BClFNO2. The molecule has 0 fully saturated rings. The van der Waals surface area contributed by atoms with E-state index in [2.05, 4.69) is 4.98 Å². The van der Waals surface area contributed by atoms with Crippen molar-refractivity contribution in [2.75, 3.05) is 0 Å². The van der Waals surface area contributed by atoms with Crippen LogP contribution in [0.1, 0.15) is 0 Å². The Kier molecular flexibility index (Phi) is 4.03. The fourth-order valence-electron chi connectivity index (χ4n) is 0.540. The molecule has 1 rings (SSSR count). The molecule has 6 heteroatoms. The Bertz CT molecular complexity index is 218. The van der Waals surface area contributed by atoms with Crippen molar-refractivity contribution in [3.63, 3.8) is 0 Å². The molecule has 3 nitrogen and oxygen atoms in total. The van der Waals surface area contributed by atoms with Crippen LogP contribution in [0, 0.1) is 5.95 Å². The second kappa shape index (κ2) is 4.28. The zero-order chi connectivity index (χ0) is 7.56. The Hall–Kier alpha value is -0.645. The third-order valence-corrected chi connectivity index (χ3v) is 1.05. The van der Waals surface area contributed by atoms with E-state index in [1.807, 2.05) is 0 Å². The normalized spacial score (nSPS) is 8.64. The summed E-state index contributed by atoms with van der Waals surface area (Å²) >= 11 is 0. The second-order valence-electron chi connectivity index (χ2n) is 1.79. The fraction of sp³-hybridized carbons (Fsp3) is 0. The van der Waals surface area contributed by atoms with Gasteiger partial charge in [0.15, 0.2) is 0 Å². The highest BCUT2D eigenvalue weighted by Gasteiger charge is 2.09. The second-order valence-corrected chi connectivity index (χ2v) is 1.79. The lowest BCUT2D eigenvalue weighted by molar-refractivity contribution is 0.425. The zero-order valence-electron chi connectivity index (χ0n) is 5.44. The van der Waals surface area contributed by atoms with Gasteiger partial charge in [-0.15, -0.1) is 12.4 Å². The van der Waals surface area contributed by atoms with Gasteiger partial charge in [-0.05, 0) is 6.07 Å². The third-order valence-electron chi connectivity index (χ3n) is 1.05. The Labute approximate surface area is 69.5 Å². The monoisotopic (exact) mass is 177 g/mol. The van der Waals surface area contributed by atoms with E-state index in [1.165, 1.54) is 6.07 Å². The number of hydrogen-bond acceptors (Lipinski definition) is 3. The molecule has 0 radical (unpaired) electrons. The lowest BCUT2D eigenvalue weighted by atomic mass is 9.82. The van der Waals surface area contributed by atoms with Crippen LogP contribution in [0.25, 0.3) is 0 Å². The van der Waals surface area contributed by atoms with Crippen molar-refractivity contribution in [3.8, 4) is 0 Å². The van der Waals surface area contributed by atoms with Crippen molar-refractivity contribution in [2.45, 2.75) is 0 Å². The minimum Gasteiger partial charge on any atom is -0.423 e. The first-order valence-corrected chi connectivity index (χ1v) is 2.68. The molecule has 0 unspecified atom stereocenters. The number of halogens is 2. The van der Waals surface area contributed by atoms with E-state index < -0.39 is 13.1 Å². The van der Waals surface area contributed by atoms with Crippen LogP contribution in [0.4, 0.5) is 4.39 Å². The maximum atomic E-state index is 12.1. The predicted octanol–water partition coefficient (Wildman–Crippen LogP) is -0.678. The minimum atomic E-state index is -1.58. The molecule has 11 heavy (non-hydrogen) atoms. The maximum Gasteiger partial charge on any atom is 0.490 e. The minimum absolute atomic E-state index is 0. The molecular weight excluding hydrogens is 171 g/mol. The van der Waals surface area contributed by atoms with Gasteiger partial charge in [0, 0.05) is 11.7 Å². The molecule has 0 bridgehead atoms. The van der Waals surface area contributed by atoms with Crippen molar-refractivity contribution in [1.82, 2.24) is 4.98 Å². The Morgan fingerprint density at radius 1 is 1.36 bits per heavy atom. The first-order chi connectivity index (χ1) is 4.70. The first-order valence-electron chi connectivity index (χ1n) is 2.68. The van der Waals surface area contributed by atoms with Crippen LogP contribution in [0.15, 0.2) is 18.3 Å². The average molecular weight is 177 g/mol. The van der Waals surface area contributed by atoms with E-state index in [-0.39, 0.29) is 17.9 Å². The lowest BCUT2D eigenvalue weighted by Crippen LogP contribution is -2.30. The van der Waals surface area contributed by atoms with Gasteiger partial charge in [0.25, 0.3) is 0 Å². The van der Waals surface area contributed by atoms with Gasteiger partial charge < -0.3 is 10.0 Å². The molecule has 2 N–H and O–H groups in total.